The van der Waals surface area contributed by atoms with E-state index in [4.69, 9.17) is 4.42 Å². The lowest BCUT2D eigenvalue weighted by molar-refractivity contribution is 0.516. The highest BCUT2D eigenvalue weighted by molar-refractivity contribution is 6.10. The van der Waals surface area contributed by atoms with E-state index >= 15 is 0 Å². The third-order valence-electron chi connectivity index (χ3n) is 12.2. The van der Waals surface area contributed by atoms with Crippen LogP contribution in [-0.2, 0) is 39.2 Å². The Labute approximate surface area is 414 Å². The van der Waals surface area contributed by atoms with E-state index in [0.717, 1.165) is 105 Å². The smallest absolute Gasteiger partial charge is 0.258 e. The fourth-order valence-electron chi connectivity index (χ4n) is 8.43. The van der Waals surface area contributed by atoms with Gasteiger partial charge in [0.05, 0.1) is 62.7 Å². The molecule has 72 heavy (non-hydrogen) atoms. The number of benzene rings is 6. The number of rotatable bonds is 12. The lowest BCUT2D eigenvalue weighted by Crippen LogP contribution is -2.13. The van der Waals surface area contributed by atoms with Gasteiger partial charge in [0.2, 0.25) is 5.89 Å². The van der Waals surface area contributed by atoms with Crippen molar-refractivity contribution in [2.75, 3.05) is 6.54 Å². The minimum absolute atomic E-state index is 0.0720. The topological polar surface area (TPSA) is 173 Å². The van der Waals surface area contributed by atoms with E-state index in [1.54, 1.807) is 18.3 Å². The number of nitrogens with zero attached hydrogens (tertiary/aromatic N) is 8. The Morgan fingerprint density at radius 2 is 1.08 bits per heavy atom. The second kappa shape index (κ2) is 22.0. The summed E-state index contributed by atoms with van der Waals surface area (Å²) in [7, 11) is 1.94. The molecule has 2 N–H and O–H groups in total. The Morgan fingerprint density at radius 1 is 0.528 bits per heavy atom. The fourth-order valence-corrected chi connectivity index (χ4v) is 8.43. The van der Waals surface area contributed by atoms with Gasteiger partial charge in [0.25, 0.3) is 11.1 Å². The summed E-state index contributed by atoms with van der Waals surface area (Å²) in [6.07, 6.45) is 10.3. The van der Waals surface area contributed by atoms with Crippen molar-refractivity contribution in [1.29, 1.82) is 0 Å². The number of hydrogen-bond donors (Lipinski definition) is 2. The molecule has 354 valence electrons. The van der Waals surface area contributed by atoms with Crippen LogP contribution in [0.4, 0.5) is 0 Å². The maximum atomic E-state index is 12.2. The molecule has 11 aromatic rings. The molecule has 0 radical (unpaired) electrons. The number of hydrogen-bond acceptors (Lipinski definition) is 10. The summed E-state index contributed by atoms with van der Waals surface area (Å²) in [5.74, 6) is 2.95. The summed E-state index contributed by atoms with van der Waals surface area (Å²) < 4.78 is 7.71. The zero-order valence-electron chi connectivity index (χ0n) is 39.7. The molecule has 0 aliphatic carbocycles. The highest BCUT2D eigenvalue weighted by Crippen LogP contribution is 2.22. The summed E-state index contributed by atoms with van der Waals surface area (Å²) in [5.41, 5.74) is 11.7. The quantitative estimate of drug-likeness (QED) is 0.121. The molecule has 13 heteroatoms. The van der Waals surface area contributed by atoms with Gasteiger partial charge in [-0.3, -0.25) is 24.2 Å². The number of nitrogens with one attached hydrogen (secondary N) is 2. The van der Waals surface area contributed by atoms with E-state index in [1.165, 1.54) is 5.57 Å². The van der Waals surface area contributed by atoms with Crippen LogP contribution in [0.1, 0.15) is 40.8 Å². The molecule has 0 bridgehead atoms. The number of aromatic nitrogens is 9. The summed E-state index contributed by atoms with van der Waals surface area (Å²) in [4.78, 5) is 57.1. The monoisotopic (exact) mass is 946 g/mol. The average molecular weight is 947 g/mol. The van der Waals surface area contributed by atoms with Gasteiger partial charge < -0.3 is 14.4 Å². The van der Waals surface area contributed by atoms with Crippen molar-refractivity contribution < 1.29 is 4.42 Å². The first-order valence-electron chi connectivity index (χ1n) is 23.9. The molecule has 0 spiro atoms. The van der Waals surface area contributed by atoms with E-state index < -0.39 is 0 Å². The van der Waals surface area contributed by atoms with Crippen molar-refractivity contribution in [2.45, 2.75) is 38.5 Å². The van der Waals surface area contributed by atoms with E-state index in [0.29, 0.717) is 35.3 Å². The number of allylic oxidation sites excluding steroid dienone is 1. The minimum atomic E-state index is -0.0874. The van der Waals surface area contributed by atoms with Crippen molar-refractivity contribution in [1.82, 2.24) is 44.7 Å². The molecule has 0 unspecified atom stereocenters. The summed E-state index contributed by atoms with van der Waals surface area (Å²) in [6.45, 7) is 0.724. The number of aliphatic imine (C=N–C) groups is 1. The first kappa shape index (κ1) is 46.5. The molecule has 0 amide bonds. The van der Waals surface area contributed by atoms with Gasteiger partial charge in [-0.05, 0) is 91.1 Å². The lowest BCUT2D eigenvalue weighted by Gasteiger charge is -2.03. The number of aromatic amines is 2. The Bertz CT molecular complexity index is 3800. The molecule has 0 atom stereocenters. The Kier molecular flexibility index (Phi) is 14.2. The van der Waals surface area contributed by atoms with E-state index in [9.17, 15) is 9.59 Å². The summed E-state index contributed by atoms with van der Waals surface area (Å²) in [5, 5.41) is 5.84. The molecule has 1 aliphatic heterocycles. The van der Waals surface area contributed by atoms with E-state index in [-0.39, 0.29) is 11.1 Å². The largest absolute Gasteiger partial charge is 0.441 e. The molecular formula is C59H50N10O3. The van der Waals surface area contributed by atoms with Crippen molar-refractivity contribution in [3.63, 3.8) is 0 Å². The predicted octanol–water partition coefficient (Wildman–Crippen LogP) is 10.5. The van der Waals surface area contributed by atoms with Crippen LogP contribution in [0.5, 0.6) is 0 Å². The van der Waals surface area contributed by atoms with Gasteiger partial charge in [0, 0.05) is 49.3 Å². The number of para-hydroxylation sites is 4. The lowest BCUT2D eigenvalue weighted by atomic mass is 10.1. The standard InChI is InChI=1S/C20H18N4O.C20H17N3O.C19H15N3O/c1-24-15(13-18(23-24)14-7-3-2-4-8-14)11-12-19-21-17-10-6-5-9-16(17)20(25)22-19;24-20-16-8-4-5-9-17(16)22-19(23-20)11-10-14-12-18(21-13-14)15-6-2-1-3-7-15;1-2-6-14(7-3-1)19-21-13-16(23-19)11-10-15-12-20-17-8-4-5-9-18(17)22-15/h2-10,13H,11-12H2,1H3,(H,21,22,25);1-9,12H,10-11,13H2,(H,22,23,24);1-9,12-13H,10-11H2. The number of oxazole rings is 1. The van der Waals surface area contributed by atoms with Gasteiger partial charge in [-0.25, -0.2) is 19.9 Å². The molecular weight excluding hydrogens is 897 g/mol. The fraction of sp³-hybridized carbons (Fsp3) is 0.136. The van der Waals surface area contributed by atoms with Crippen LogP contribution < -0.4 is 11.1 Å². The molecule has 0 fully saturated rings. The third-order valence-corrected chi connectivity index (χ3v) is 12.2. The van der Waals surface area contributed by atoms with Crippen molar-refractivity contribution in [2.24, 2.45) is 12.0 Å². The van der Waals surface area contributed by atoms with Crippen LogP contribution in [0.25, 0.3) is 55.6 Å². The SMILES string of the molecule is Cn1nc(-c2ccccc2)cc1CCc1nc2ccccc2c(=O)[nH]1.O=c1[nH]c(CCC2=CC(c3ccccc3)=NC2)nc2ccccc12.c1ccc(-c2ncc(CCc3cnc4ccccc4n3)o2)cc1. The van der Waals surface area contributed by atoms with Gasteiger partial charge in [-0.1, -0.05) is 115 Å². The maximum Gasteiger partial charge on any atom is 0.258 e. The molecule has 6 aromatic carbocycles. The number of aryl methyl sites for hydroxylation is 6. The molecule has 6 heterocycles. The molecule has 12 rings (SSSR count). The van der Waals surface area contributed by atoms with Crippen molar-refractivity contribution >= 4 is 38.6 Å². The minimum Gasteiger partial charge on any atom is -0.441 e. The highest BCUT2D eigenvalue weighted by atomic mass is 16.4. The summed E-state index contributed by atoms with van der Waals surface area (Å²) >= 11 is 0. The number of fused-ring (bicyclic) bond motifs is 3. The highest BCUT2D eigenvalue weighted by Gasteiger charge is 2.13. The third kappa shape index (κ3) is 11.4. The first-order chi connectivity index (χ1) is 35.4. The van der Waals surface area contributed by atoms with Crippen LogP contribution >= 0.6 is 0 Å². The van der Waals surface area contributed by atoms with Crippen LogP contribution in [0.2, 0.25) is 0 Å². The van der Waals surface area contributed by atoms with E-state index in [2.05, 4.69) is 81.4 Å². The van der Waals surface area contributed by atoms with Crippen LogP contribution in [-0.4, -0.2) is 56.9 Å². The van der Waals surface area contributed by atoms with Gasteiger partial charge in [0.15, 0.2) is 0 Å². The summed E-state index contributed by atoms with van der Waals surface area (Å²) in [6, 6.07) is 55.0. The van der Waals surface area contributed by atoms with Gasteiger partial charge in [-0.2, -0.15) is 5.10 Å². The van der Waals surface area contributed by atoms with Gasteiger partial charge >= 0.3 is 0 Å². The Hall–Kier alpha value is -9.23. The zero-order valence-corrected chi connectivity index (χ0v) is 39.7. The van der Waals surface area contributed by atoms with Crippen LogP contribution in [0.15, 0.2) is 213 Å². The molecule has 1 aliphatic rings. The van der Waals surface area contributed by atoms with E-state index in [1.807, 2.05) is 145 Å². The van der Waals surface area contributed by atoms with Crippen LogP contribution in [0.3, 0.4) is 0 Å². The molecule has 5 aromatic heterocycles. The molecule has 0 saturated heterocycles. The van der Waals surface area contributed by atoms with Crippen molar-refractivity contribution in [3.8, 4) is 22.7 Å². The zero-order chi connectivity index (χ0) is 49.1. The predicted molar refractivity (Wildman–Crippen MR) is 284 cm³/mol. The first-order valence-corrected chi connectivity index (χ1v) is 23.9. The normalized spacial score (nSPS) is 12.0. The average Bonchev–Trinajstić information content (AvgIpc) is 4.21. The van der Waals surface area contributed by atoms with Gasteiger partial charge in [0.1, 0.15) is 17.4 Å². The van der Waals surface area contributed by atoms with Crippen LogP contribution in [0, 0.1) is 0 Å². The Balaban J connectivity index is 0.000000124. The van der Waals surface area contributed by atoms with Crippen molar-refractivity contribution in [3.05, 3.63) is 249 Å². The van der Waals surface area contributed by atoms with Gasteiger partial charge in [-0.15, -0.1) is 0 Å². The maximum absolute atomic E-state index is 12.2. The second-order valence-electron chi connectivity index (χ2n) is 17.3. The Morgan fingerprint density at radius 3 is 1.74 bits per heavy atom. The molecule has 13 nitrogen and oxygen atoms in total. The number of H-pyrrole nitrogens is 2. The molecule has 0 saturated carbocycles. The second-order valence-corrected chi connectivity index (χ2v) is 17.3.